The average Bonchev–Trinajstić information content (AvgIpc) is 2.45. The molecule has 56 valence electrons. The lowest BCUT2D eigenvalue weighted by molar-refractivity contribution is -0.674. The minimum Gasteiger partial charge on any atom is -0.840 e. The highest BCUT2D eigenvalue weighted by Crippen LogP contribution is 2.12. The minimum absolute atomic E-state index is 0.106. The maximum absolute atomic E-state index is 11.2. The lowest BCUT2D eigenvalue weighted by Crippen LogP contribution is -2.33. The normalized spacial score (nSPS) is 10.6. The van der Waals surface area contributed by atoms with Gasteiger partial charge in [0.05, 0.1) is 10.7 Å². The molecule has 0 aliphatic carbocycles. The van der Waals surface area contributed by atoms with Crippen molar-refractivity contribution in [3.05, 3.63) is 29.1 Å². The second-order valence-electron chi connectivity index (χ2n) is 2.05. The Labute approximate surface area is 70.8 Å². The van der Waals surface area contributed by atoms with E-state index in [1.54, 1.807) is 18.5 Å². The van der Waals surface area contributed by atoms with Crippen LogP contribution in [0.3, 0.4) is 0 Å². The third kappa shape index (κ3) is 0.883. The highest BCUT2D eigenvalue weighted by molar-refractivity contribution is 9.10. The van der Waals surface area contributed by atoms with Crippen LogP contribution in [0.4, 0.5) is 0 Å². The van der Waals surface area contributed by atoms with Crippen LogP contribution in [0.25, 0.3) is 0 Å². The van der Waals surface area contributed by atoms with Crippen LogP contribution >= 0.6 is 15.9 Å². The summed E-state index contributed by atoms with van der Waals surface area (Å²) in [5, 5.41) is 15.2. The van der Waals surface area contributed by atoms with Crippen molar-refractivity contribution in [2.24, 2.45) is 0 Å². The van der Waals surface area contributed by atoms with Crippen molar-refractivity contribution in [3.8, 4) is 5.88 Å². The van der Waals surface area contributed by atoms with Crippen molar-refractivity contribution in [2.75, 3.05) is 0 Å². The number of hydrogen-bond acceptors (Lipinski definition) is 2. The second kappa shape index (κ2) is 2.20. The van der Waals surface area contributed by atoms with Crippen molar-refractivity contribution >= 4 is 15.9 Å². The number of rotatable bonds is 0. The maximum atomic E-state index is 11.2. The van der Waals surface area contributed by atoms with Gasteiger partial charge in [-0.3, -0.25) is 0 Å². The van der Waals surface area contributed by atoms with Crippen molar-refractivity contribution in [3.63, 3.8) is 0 Å². The van der Waals surface area contributed by atoms with E-state index >= 15 is 0 Å². The summed E-state index contributed by atoms with van der Waals surface area (Å²) in [6.45, 7) is 0. The quantitative estimate of drug-likeness (QED) is 0.568. The molecule has 2 heterocycles. The van der Waals surface area contributed by atoms with Crippen LogP contribution in [0.15, 0.2) is 29.1 Å². The van der Waals surface area contributed by atoms with Gasteiger partial charge in [-0.2, -0.15) is 0 Å². The first-order chi connectivity index (χ1) is 5.29. The van der Waals surface area contributed by atoms with Crippen LogP contribution in [0, 0.1) is 0 Å². The summed E-state index contributed by atoms with van der Waals surface area (Å²) < 4.78 is 3.34. The standard InChI is InChI=1S/C6H4BrN3O/c7-5-4-8-10-3-1-2-9(10)6(5)11/h1-4H. The predicted octanol–water partition coefficient (Wildman–Crippen LogP) is -0.244. The summed E-state index contributed by atoms with van der Waals surface area (Å²) in [6.07, 6.45) is 4.83. The summed E-state index contributed by atoms with van der Waals surface area (Å²) in [7, 11) is 0. The fraction of sp³-hybridized carbons (Fsp3) is 0. The first-order valence-electron chi connectivity index (χ1n) is 3.00. The molecule has 11 heavy (non-hydrogen) atoms. The fourth-order valence-electron chi connectivity index (χ4n) is 0.866. The van der Waals surface area contributed by atoms with E-state index in [1.165, 1.54) is 15.3 Å². The Kier molecular flexibility index (Phi) is 1.32. The highest BCUT2D eigenvalue weighted by Gasteiger charge is 2.03. The molecule has 2 aromatic rings. The molecule has 2 rings (SSSR count). The zero-order chi connectivity index (χ0) is 7.84. The molecule has 2 aromatic heterocycles. The van der Waals surface area contributed by atoms with Crippen molar-refractivity contribution in [2.45, 2.75) is 0 Å². The van der Waals surface area contributed by atoms with Crippen molar-refractivity contribution in [1.29, 1.82) is 0 Å². The summed E-state index contributed by atoms with van der Waals surface area (Å²) in [4.78, 5) is 0. The van der Waals surface area contributed by atoms with E-state index in [-0.39, 0.29) is 5.88 Å². The zero-order valence-corrected chi connectivity index (χ0v) is 7.02. The van der Waals surface area contributed by atoms with Gasteiger partial charge in [0.15, 0.2) is 6.20 Å². The lowest BCUT2D eigenvalue weighted by atomic mass is 10.6. The number of aromatic nitrogens is 3. The van der Waals surface area contributed by atoms with Crippen LogP contribution < -0.4 is 9.62 Å². The molecule has 0 saturated carbocycles. The topological polar surface area (TPSA) is 44.5 Å². The third-order valence-corrected chi connectivity index (χ3v) is 1.91. The van der Waals surface area contributed by atoms with Crippen LogP contribution in [0.1, 0.15) is 0 Å². The molecule has 0 radical (unpaired) electrons. The molecule has 0 bridgehead atoms. The van der Waals surface area contributed by atoms with E-state index in [2.05, 4.69) is 21.0 Å². The summed E-state index contributed by atoms with van der Waals surface area (Å²) in [5.41, 5.74) is 0. The summed E-state index contributed by atoms with van der Waals surface area (Å²) in [5.74, 6) is -0.106. The smallest absolute Gasteiger partial charge is 0.183 e. The predicted molar refractivity (Wildman–Crippen MR) is 38.0 cm³/mol. The SMILES string of the molecule is [O-]c1c(Br)cnn2ccc[n+]12. The van der Waals surface area contributed by atoms with Gasteiger partial charge < -0.3 is 5.11 Å². The molecule has 0 aromatic carbocycles. The van der Waals surface area contributed by atoms with Gasteiger partial charge in [-0.15, -0.1) is 4.52 Å². The molecule has 0 atom stereocenters. The molecule has 0 unspecified atom stereocenters. The number of nitrogens with zero attached hydrogens (tertiary/aromatic N) is 3. The third-order valence-electron chi connectivity index (χ3n) is 1.37. The number of hydrogen-bond donors (Lipinski definition) is 0. The Bertz CT molecular complexity index is 398. The first kappa shape index (κ1) is 6.60. The van der Waals surface area contributed by atoms with Gasteiger partial charge in [0.2, 0.25) is 0 Å². The van der Waals surface area contributed by atoms with E-state index in [4.69, 9.17) is 0 Å². The molecular formula is C6H4BrN3O. The minimum atomic E-state index is -0.106. The largest absolute Gasteiger partial charge is 0.840 e. The van der Waals surface area contributed by atoms with Gasteiger partial charge in [0, 0.05) is 11.2 Å². The van der Waals surface area contributed by atoms with Crippen LogP contribution in [0.5, 0.6) is 5.88 Å². The molecule has 4 nitrogen and oxygen atoms in total. The first-order valence-corrected chi connectivity index (χ1v) is 3.79. The highest BCUT2D eigenvalue weighted by atomic mass is 79.9. The van der Waals surface area contributed by atoms with Crippen LogP contribution in [-0.4, -0.2) is 9.73 Å². The van der Waals surface area contributed by atoms with E-state index in [9.17, 15) is 5.11 Å². The Morgan fingerprint density at radius 1 is 1.64 bits per heavy atom. The molecule has 5 heteroatoms. The molecule has 0 amide bonds. The Morgan fingerprint density at radius 2 is 2.45 bits per heavy atom. The average molecular weight is 214 g/mol. The Balaban J connectivity index is 2.93. The number of fused-ring (bicyclic) bond motifs is 1. The monoisotopic (exact) mass is 213 g/mol. The maximum Gasteiger partial charge on any atom is 0.183 e. The Hall–Kier alpha value is -1.10. The van der Waals surface area contributed by atoms with Gasteiger partial charge in [0.1, 0.15) is 12.1 Å². The molecule has 0 spiro atoms. The molecular weight excluding hydrogens is 210 g/mol. The fourth-order valence-corrected chi connectivity index (χ4v) is 1.14. The summed E-state index contributed by atoms with van der Waals surface area (Å²) in [6, 6.07) is 1.75. The molecule has 0 fully saturated rings. The Morgan fingerprint density at radius 3 is 3.27 bits per heavy atom. The molecule has 0 N–H and O–H groups in total. The van der Waals surface area contributed by atoms with E-state index in [1.807, 2.05) is 0 Å². The van der Waals surface area contributed by atoms with Gasteiger partial charge in [0.25, 0.3) is 0 Å². The van der Waals surface area contributed by atoms with Crippen molar-refractivity contribution < 1.29 is 9.62 Å². The van der Waals surface area contributed by atoms with Gasteiger partial charge in [-0.1, -0.05) is 0 Å². The zero-order valence-electron chi connectivity index (χ0n) is 5.44. The number of halogens is 1. The van der Waals surface area contributed by atoms with Gasteiger partial charge in [-0.25, -0.2) is 0 Å². The molecule has 0 aliphatic heterocycles. The van der Waals surface area contributed by atoms with E-state index < -0.39 is 0 Å². The molecule has 0 aliphatic rings. The second-order valence-corrected chi connectivity index (χ2v) is 2.91. The van der Waals surface area contributed by atoms with E-state index in [0.717, 1.165) is 0 Å². The lowest BCUT2D eigenvalue weighted by Gasteiger charge is -2.02. The van der Waals surface area contributed by atoms with Crippen LogP contribution in [0.2, 0.25) is 0 Å². The summed E-state index contributed by atoms with van der Waals surface area (Å²) >= 11 is 3.09. The van der Waals surface area contributed by atoms with Gasteiger partial charge in [-0.05, 0) is 20.6 Å². The molecule has 0 saturated heterocycles. The van der Waals surface area contributed by atoms with Crippen LogP contribution in [-0.2, 0) is 0 Å². The van der Waals surface area contributed by atoms with Crippen molar-refractivity contribution in [1.82, 2.24) is 9.73 Å². The van der Waals surface area contributed by atoms with Gasteiger partial charge >= 0.3 is 0 Å². The van der Waals surface area contributed by atoms with E-state index in [0.29, 0.717) is 4.47 Å².